The largest absolute Gasteiger partial charge is 0.493 e. The molecule has 0 radical (unpaired) electrons. The zero-order chi connectivity index (χ0) is 20.9. The maximum absolute atomic E-state index is 11.7. The molecule has 0 fully saturated rings. The van der Waals surface area contributed by atoms with E-state index in [0.717, 1.165) is 5.56 Å². The lowest BCUT2D eigenvalue weighted by Gasteiger charge is -2.19. The minimum Gasteiger partial charge on any atom is -0.493 e. The highest BCUT2D eigenvalue weighted by Crippen LogP contribution is 2.24. The molecule has 0 saturated carbocycles. The number of carbonyl (C=O) groups excluding carboxylic acids is 2. The van der Waals surface area contributed by atoms with Gasteiger partial charge in [-0.3, -0.25) is 9.59 Å². The third-order valence-corrected chi connectivity index (χ3v) is 3.20. The van der Waals surface area contributed by atoms with Gasteiger partial charge in [0.1, 0.15) is 11.4 Å². The second-order valence-electron chi connectivity index (χ2n) is 6.71. The van der Waals surface area contributed by atoms with Crippen molar-refractivity contribution in [2.45, 2.75) is 72.8 Å². The van der Waals surface area contributed by atoms with Crippen molar-refractivity contribution in [2.75, 3.05) is 18.9 Å². The summed E-state index contributed by atoms with van der Waals surface area (Å²) in [6.07, 6.45) is 1.63. The second-order valence-corrected chi connectivity index (χ2v) is 6.71. The first-order valence-electron chi connectivity index (χ1n) is 9.60. The summed E-state index contributed by atoms with van der Waals surface area (Å²) in [5.41, 5.74) is 6.80. The Bertz CT molecular complexity index is 578. The van der Waals surface area contributed by atoms with Crippen LogP contribution in [0.4, 0.5) is 5.69 Å². The summed E-state index contributed by atoms with van der Waals surface area (Å²) in [6, 6.07) is 5.35. The minimum atomic E-state index is -0.480. The monoisotopic (exact) mass is 381 g/mol. The van der Waals surface area contributed by atoms with Crippen molar-refractivity contribution >= 4 is 17.6 Å². The lowest BCUT2D eigenvalue weighted by atomic mass is 10.1. The summed E-state index contributed by atoms with van der Waals surface area (Å²) in [6.45, 7) is 12.0. The fraction of sp³-hybridized carbons (Fsp3) is 0.619. The van der Waals surface area contributed by atoms with Crippen molar-refractivity contribution in [1.82, 2.24) is 0 Å². The summed E-state index contributed by atoms with van der Waals surface area (Å²) in [5.74, 6) is 0.148. The van der Waals surface area contributed by atoms with Gasteiger partial charge in [0.15, 0.2) is 0 Å². The Labute approximate surface area is 163 Å². The molecular weight excluding hydrogens is 346 g/mol. The maximum Gasteiger partial charge on any atom is 0.306 e. The van der Waals surface area contributed by atoms with E-state index in [1.807, 2.05) is 40.7 Å². The molecular formula is C21H35NO5. The van der Waals surface area contributed by atoms with Gasteiger partial charge in [0.25, 0.3) is 0 Å². The topological polar surface area (TPSA) is 87.9 Å². The lowest BCUT2D eigenvalue weighted by Crippen LogP contribution is -2.24. The molecule has 1 aromatic carbocycles. The predicted octanol–water partition coefficient (Wildman–Crippen LogP) is 4.29. The van der Waals surface area contributed by atoms with E-state index in [1.54, 1.807) is 19.1 Å². The van der Waals surface area contributed by atoms with Gasteiger partial charge in [0, 0.05) is 24.6 Å². The quantitative estimate of drug-likeness (QED) is 0.390. The number of esters is 2. The Morgan fingerprint density at radius 1 is 1.07 bits per heavy atom. The molecule has 6 nitrogen and oxygen atoms in total. The number of benzene rings is 1. The highest BCUT2D eigenvalue weighted by Gasteiger charge is 2.16. The van der Waals surface area contributed by atoms with Crippen LogP contribution in [-0.2, 0) is 25.5 Å². The van der Waals surface area contributed by atoms with E-state index in [-0.39, 0.29) is 24.8 Å². The van der Waals surface area contributed by atoms with E-state index >= 15 is 0 Å². The van der Waals surface area contributed by atoms with Crippen LogP contribution in [0.3, 0.4) is 0 Å². The summed E-state index contributed by atoms with van der Waals surface area (Å²) in [5, 5.41) is 0. The van der Waals surface area contributed by atoms with E-state index in [4.69, 9.17) is 19.9 Å². The molecule has 1 aromatic rings. The van der Waals surface area contributed by atoms with Crippen molar-refractivity contribution in [3.05, 3.63) is 23.8 Å². The van der Waals surface area contributed by atoms with Crippen LogP contribution in [0.5, 0.6) is 5.75 Å². The number of hydrogen-bond donors (Lipinski definition) is 1. The third kappa shape index (κ3) is 11.9. The summed E-state index contributed by atoms with van der Waals surface area (Å²) in [7, 11) is 0. The Morgan fingerprint density at radius 3 is 2.33 bits per heavy atom. The average Bonchev–Trinajstić information content (AvgIpc) is 2.58. The van der Waals surface area contributed by atoms with Crippen molar-refractivity contribution in [2.24, 2.45) is 0 Å². The Hall–Kier alpha value is -2.24. The smallest absolute Gasteiger partial charge is 0.306 e. The molecule has 2 N–H and O–H groups in total. The number of ether oxygens (including phenoxy) is 3. The number of aryl methyl sites for hydroxylation is 1. The fourth-order valence-corrected chi connectivity index (χ4v) is 2.17. The maximum atomic E-state index is 11.7. The van der Waals surface area contributed by atoms with Gasteiger partial charge < -0.3 is 19.9 Å². The Kier molecular flexibility index (Phi) is 11.9. The number of rotatable bonds is 9. The fourth-order valence-electron chi connectivity index (χ4n) is 2.17. The van der Waals surface area contributed by atoms with Crippen molar-refractivity contribution in [1.29, 1.82) is 0 Å². The molecule has 0 bridgehead atoms. The van der Waals surface area contributed by atoms with E-state index in [0.29, 0.717) is 37.5 Å². The molecule has 0 atom stereocenters. The van der Waals surface area contributed by atoms with Crippen molar-refractivity contribution in [3.8, 4) is 5.75 Å². The first-order chi connectivity index (χ1) is 12.7. The standard InChI is InChI=1S/C19H29NO5.C2H6/c1-5-23-17(21)11-9-14-8-10-15(20)13-16(14)24-12-6-7-18(22)25-19(2,3)4;1-2/h8,10,13H,5-7,9,11-12,20H2,1-4H3;1-2H3. The first-order valence-corrected chi connectivity index (χ1v) is 9.60. The van der Waals surface area contributed by atoms with Crippen LogP contribution in [-0.4, -0.2) is 30.8 Å². The lowest BCUT2D eigenvalue weighted by molar-refractivity contribution is -0.155. The van der Waals surface area contributed by atoms with Crippen LogP contribution >= 0.6 is 0 Å². The van der Waals surface area contributed by atoms with Crippen molar-refractivity contribution < 1.29 is 23.8 Å². The normalized spacial score (nSPS) is 10.4. The zero-order valence-electron chi connectivity index (χ0n) is 17.6. The predicted molar refractivity (Wildman–Crippen MR) is 108 cm³/mol. The molecule has 27 heavy (non-hydrogen) atoms. The number of anilines is 1. The Balaban J connectivity index is 0.00000326. The van der Waals surface area contributed by atoms with Gasteiger partial charge in [-0.05, 0) is 52.2 Å². The molecule has 0 heterocycles. The zero-order valence-corrected chi connectivity index (χ0v) is 17.6. The van der Waals surface area contributed by atoms with Crippen LogP contribution in [0.2, 0.25) is 0 Å². The highest BCUT2D eigenvalue weighted by molar-refractivity contribution is 5.70. The van der Waals surface area contributed by atoms with Crippen LogP contribution in [0.15, 0.2) is 18.2 Å². The summed E-state index contributed by atoms with van der Waals surface area (Å²) < 4.78 is 15.9. The molecule has 0 aliphatic heterocycles. The van der Waals surface area contributed by atoms with Gasteiger partial charge in [0.05, 0.1) is 13.2 Å². The number of hydrogen-bond acceptors (Lipinski definition) is 6. The van der Waals surface area contributed by atoms with Crippen LogP contribution in [0, 0.1) is 0 Å². The summed E-state index contributed by atoms with van der Waals surface area (Å²) in [4.78, 5) is 23.2. The molecule has 0 spiro atoms. The number of nitrogen functional groups attached to an aromatic ring is 1. The summed E-state index contributed by atoms with van der Waals surface area (Å²) >= 11 is 0. The number of nitrogens with two attached hydrogens (primary N) is 1. The molecule has 1 rings (SSSR count). The molecule has 0 amide bonds. The van der Waals surface area contributed by atoms with Gasteiger partial charge in [0.2, 0.25) is 0 Å². The van der Waals surface area contributed by atoms with Gasteiger partial charge in [-0.15, -0.1) is 0 Å². The Morgan fingerprint density at radius 2 is 1.74 bits per heavy atom. The van der Waals surface area contributed by atoms with E-state index < -0.39 is 5.60 Å². The van der Waals surface area contributed by atoms with Gasteiger partial charge in [-0.25, -0.2) is 0 Å². The van der Waals surface area contributed by atoms with E-state index in [1.165, 1.54) is 0 Å². The molecule has 0 saturated heterocycles. The van der Waals surface area contributed by atoms with Crippen molar-refractivity contribution in [3.63, 3.8) is 0 Å². The number of carbonyl (C=O) groups is 2. The van der Waals surface area contributed by atoms with Crippen LogP contribution in [0.1, 0.15) is 66.4 Å². The average molecular weight is 382 g/mol. The SMILES string of the molecule is CC.CCOC(=O)CCc1ccc(N)cc1OCCCC(=O)OC(C)(C)C. The van der Waals surface area contributed by atoms with Gasteiger partial charge in [-0.2, -0.15) is 0 Å². The molecule has 154 valence electrons. The minimum absolute atomic E-state index is 0.241. The molecule has 0 unspecified atom stereocenters. The molecule has 0 aliphatic rings. The highest BCUT2D eigenvalue weighted by atomic mass is 16.6. The van der Waals surface area contributed by atoms with Gasteiger partial charge in [-0.1, -0.05) is 19.9 Å². The van der Waals surface area contributed by atoms with Crippen LogP contribution < -0.4 is 10.5 Å². The van der Waals surface area contributed by atoms with Gasteiger partial charge >= 0.3 is 11.9 Å². The second kappa shape index (κ2) is 13.0. The molecule has 6 heteroatoms. The molecule has 0 aromatic heterocycles. The van der Waals surface area contributed by atoms with E-state index in [9.17, 15) is 9.59 Å². The third-order valence-electron chi connectivity index (χ3n) is 3.20. The first kappa shape index (κ1) is 24.8. The van der Waals surface area contributed by atoms with E-state index in [2.05, 4.69) is 0 Å². The van der Waals surface area contributed by atoms with Crippen LogP contribution in [0.25, 0.3) is 0 Å². The molecule has 0 aliphatic carbocycles.